The molecule has 0 aliphatic heterocycles. The third-order valence-electron chi connectivity index (χ3n) is 5.23. The minimum absolute atomic E-state index is 0.0374. The van der Waals surface area contributed by atoms with Gasteiger partial charge in [-0.1, -0.05) is 24.3 Å². The molecule has 6 nitrogen and oxygen atoms in total. The van der Waals surface area contributed by atoms with E-state index in [0.29, 0.717) is 0 Å². The molecule has 0 saturated heterocycles. The summed E-state index contributed by atoms with van der Waals surface area (Å²) in [5.41, 5.74) is -3.51. The number of nitrogens with two attached hydrogens (primary N) is 1. The van der Waals surface area contributed by atoms with E-state index in [1.807, 2.05) is 0 Å². The largest absolute Gasteiger partial charge is 0.376 e. The van der Waals surface area contributed by atoms with Crippen molar-refractivity contribution in [1.29, 1.82) is 0 Å². The molecule has 0 unspecified atom stereocenters. The summed E-state index contributed by atoms with van der Waals surface area (Å²) in [4.78, 5) is 13.0. The molecule has 36 heavy (non-hydrogen) atoms. The molecular formula is C23H13F6N3O3S. The standard InChI is InChI=1S/C23H13F6N3O3S/c24-14-5-1-13(2-6-14)19-16(12-3-7-15(8-4-12)36(30,34)35)11-31-32(22(19)33)23(28,29)17-9-10-18(25)21(27)20(17)26/h1-11H,(H2,30,34,35). The monoisotopic (exact) mass is 525 g/mol. The minimum atomic E-state index is -4.57. The second-order valence-electron chi connectivity index (χ2n) is 7.49. The second-order valence-corrected chi connectivity index (χ2v) is 9.05. The van der Waals surface area contributed by atoms with E-state index in [4.69, 9.17) is 5.14 Å². The average Bonchev–Trinajstić information content (AvgIpc) is 2.82. The molecule has 0 radical (unpaired) electrons. The Morgan fingerprint density at radius 2 is 1.39 bits per heavy atom. The molecule has 0 spiro atoms. The van der Waals surface area contributed by atoms with Gasteiger partial charge in [-0.25, -0.2) is 31.1 Å². The predicted molar refractivity (Wildman–Crippen MR) is 116 cm³/mol. The third kappa shape index (κ3) is 4.38. The van der Waals surface area contributed by atoms with Crippen LogP contribution in [0, 0.1) is 23.3 Å². The van der Waals surface area contributed by atoms with Gasteiger partial charge in [0, 0.05) is 5.56 Å². The molecular weight excluding hydrogens is 512 g/mol. The Bertz CT molecular complexity index is 1640. The lowest BCUT2D eigenvalue weighted by Crippen LogP contribution is -2.38. The fourth-order valence-electron chi connectivity index (χ4n) is 3.46. The van der Waals surface area contributed by atoms with Crippen LogP contribution in [0.3, 0.4) is 0 Å². The van der Waals surface area contributed by atoms with Gasteiger partial charge in [-0.2, -0.15) is 18.6 Å². The van der Waals surface area contributed by atoms with E-state index in [-0.39, 0.29) is 33.7 Å². The summed E-state index contributed by atoms with van der Waals surface area (Å²) in [6.07, 6.45) is 0.817. The maximum atomic E-state index is 15.2. The number of hydrogen-bond donors (Lipinski definition) is 1. The van der Waals surface area contributed by atoms with Crippen LogP contribution in [-0.2, 0) is 16.1 Å². The van der Waals surface area contributed by atoms with E-state index in [2.05, 4.69) is 5.10 Å². The van der Waals surface area contributed by atoms with Crippen LogP contribution in [0.1, 0.15) is 5.56 Å². The zero-order chi connectivity index (χ0) is 26.4. The second kappa shape index (κ2) is 8.91. The van der Waals surface area contributed by atoms with Crippen LogP contribution in [0.2, 0.25) is 0 Å². The molecule has 0 atom stereocenters. The number of benzene rings is 3. The highest BCUT2D eigenvalue weighted by molar-refractivity contribution is 7.89. The van der Waals surface area contributed by atoms with Gasteiger partial charge in [-0.15, -0.1) is 0 Å². The molecule has 1 aromatic heterocycles. The number of sulfonamides is 1. The first-order valence-corrected chi connectivity index (χ1v) is 11.4. The fourth-order valence-corrected chi connectivity index (χ4v) is 3.98. The van der Waals surface area contributed by atoms with Crippen LogP contribution >= 0.6 is 0 Å². The summed E-state index contributed by atoms with van der Waals surface area (Å²) in [5, 5.41) is 8.49. The molecule has 3 aromatic carbocycles. The van der Waals surface area contributed by atoms with Crippen molar-refractivity contribution in [2.45, 2.75) is 10.9 Å². The number of aromatic nitrogens is 2. The van der Waals surface area contributed by atoms with Crippen LogP contribution < -0.4 is 10.7 Å². The zero-order valence-corrected chi connectivity index (χ0v) is 18.5. The summed E-state index contributed by atoms with van der Waals surface area (Å²) in [5.74, 6) is -6.77. The van der Waals surface area contributed by atoms with E-state index in [0.717, 1.165) is 42.6 Å². The molecule has 0 fully saturated rings. The molecule has 0 bridgehead atoms. The summed E-state index contributed by atoms with van der Waals surface area (Å²) in [6.45, 7) is 0. The van der Waals surface area contributed by atoms with Gasteiger partial charge in [0.05, 0.1) is 22.2 Å². The lowest BCUT2D eigenvalue weighted by Gasteiger charge is -2.21. The summed E-state index contributed by atoms with van der Waals surface area (Å²) >= 11 is 0. The molecule has 1 heterocycles. The van der Waals surface area contributed by atoms with Crippen molar-refractivity contribution >= 4 is 10.0 Å². The van der Waals surface area contributed by atoms with Crippen LogP contribution in [-0.4, -0.2) is 18.2 Å². The summed E-state index contributed by atoms with van der Waals surface area (Å²) < 4.78 is 108. The number of rotatable bonds is 5. The van der Waals surface area contributed by atoms with Crippen molar-refractivity contribution < 1.29 is 34.8 Å². The fraction of sp³-hybridized carbons (Fsp3) is 0.0435. The Kier molecular flexibility index (Phi) is 6.22. The average molecular weight is 525 g/mol. The van der Waals surface area contributed by atoms with Gasteiger partial charge in [0.25, 0.3) is 5.56 Å². The molecule has 0 aliphatic rings. The maximum Gasteiger partial charge on any atom is 0.376 e. The molecule has 186 valence electrons. The van der Waals surface area contributed by atoms with Crippen molar-refractivity contribution in [3.8, 4) is 22.3 Å². The quantitative estimate of drug-likeness (QED) is 0.309. The van der Waals surface area contributed by atoms with Crippen LogP contribution in [0.15, 0.2) is 76.6 Å². The first kappa shape index (κ1) is 25.1. The summed E-state index contributed by atoms with van der Waals surface area (Å²) in [7, 11) is -4.06. The number of primary sulfonamides is 1. The van der Waals surface area contributed by atoms with Crippen molar-refractivity contribution in [2.24, 2.45) is 5.14 Å². The van der Waals surface area contributed by atoms with Crippen molar-refractivity contribution in [3.05, 3.63) is 106 Å². The topological polar surface area (TPSA) is 95.1 Å². The highest BCUT2D eigenvalue weighted by Gasteiger charge is 2.41. The molecule has 4 rings (SSSR count). The number of nitrogens with zero attached hydrogens (tertiary/aromatic N) is 2. The molecule has 0 aliphatic carbocycles. The van der Waals surface area contributed by atoms with Crippen molar-refractivity contribution in [1.82, 2.24) is 9.78 Å². The number of hydrogen-bond acceptors (Lipinski definition) is 4. The SMILES string of the molecule is NS(=O)(=O)c1ccc(-c2cnn(C(F)(F)c3ccc(F)c(F)c3F)c(=O)c2-c2ccc(F)cc2)cc1. The Hall–Kier alpha value is -3.97. The van der Waals surface area contributed by atoms with Gasteiger partial charge >= 0.3 is 6.05 Å². The van der Waals surface area contributed by atoms with Crippen LogP contribution in [0.5, 0.6) is 0 Å². The maximum absolute atomic E-state index is 15.2. The van der Waals surface area contributed by atoms with Crippen LogP contribution in [0.25, 0.3) is 22.3 Å². The Morgan fingerprint density at radius 3 is 1.97 bits per heavy atom. The Morgan fingerprint density at radius 1 is 0.806 bits per heavy atom. The van der Waals surface area contributed by atoms with Crippen molar-refractivity contribution in [3.63, 3.8) is 0 Å². The van der Waals surface area contributed by atoms with Gasteiger partial charge in [0.1, 0.15) is 5.82 Å². The number of halogens is 6. The first-order valence-electron chi connectivity index (χ1n) is 9.86. The number of alkyl halides is 2. The first-order chi connectivity index (χ1) is 16.8. The molecule has 0 saturated carbocycles. The van der Waals surface area contributed by atoms with E-state index in [9.17, 15) is 30.8 Å². The molecule has 13 heteroatoms. The lowest BCUT2D eigenvalue weighted by atomic mass is 9.97. The Balaban J connectivity index is 1.98. The van der Waals surface area contributed by atoms with E-state index in [1.54, 1.807) is 0 Å². The predicted octanol–water partition coefficient (Wildman–Crippen LogP) is 4.38. The smallest absolute Gasteiger partial charge is 0.267 e. The minimum Gasteiger partial charge on any atom is -0.267 e. The van der Waals surface area contributed by atoms with Crippen molar-refractivity contribution in [2.75, 3.05) is 0 Å². The van der Waals surface area contributed by atoms with Gasteiger partial charge in [-0.05, 0) is 47.5 Å². The van der Waals surface area contributed by atoms with Crippen LogP contribution in [0.4, 0.5) is 26.3 Å². The van der Waals surface area contributed by atoms with Gasteiger partial charge < -0.3 is 0 Å². The Labute approximate surface area is 199 Å². The summed E-state index contributed by atoms with van der Waals surface area (Å²) in [6, 6.07) is 4.83. The van der Waals surface area contributed by atoms with E-state index < -0.39 is 60.7 Å². The molecule has 2 N–H and O–H groups in total. The normalized spacial score (nSPS) is 12.1. The third-order valence-corrected chi connectivity index (χ3v) is 6.16. The zero-order valence-electron chi connectivity index (χ0n) is 17.7. The van der Waals surface area contributed by atoms with E-state index >= 15 is 8.78 Å². The molecule has 4 aromatic rings. The van der Waals surface area contributed by atoms with Gasteiger partial charge in [0.2, 0.25) is 10.0 Å². The highest BCUT2D eigenvalue weighted by atomic mass is 32.2. The van der Waals surface area contributed by atoms with Gasteiger partial charge in [0.15, 0.2) is 17.5 Å². The van der Waals surface area contributed by atoms with E-state index in [1.165, 1.54) is 12.1 Å². The van der Waals surface area contributed by atoms with Gasteiger partial charge in [-0.3, -0.25) is 4.79 Å². The highest BCUT2D eigenvalue weighted by Crippen LogP contribution is 2.35. The lowest BCUT2D eigenvalue weighted by molar-refractivity contribution is -0.0561. The molecule has 0 amide bonds.